The summed E-state index contributed by atoms with van der Waals surface area (Å²) < 4.78 is 5.13. The van der Waals surface area contributed by atoms with E-state index in [1.807, 2.05) is 6.26 Å². The van der Waals surface area contributed by atoms with E-state index in [-0.39, 0.29) is 17.9 Å². The van der Waals surface area contributed by atoms with E-state index < -0.39 is 41.2 Å². The van der Waals surface area contributed by atoms with Gasteiger partial charge in [-0.15, -0.1) is 0 Å². The van der Waals surface area contributed by atoms with Crippen LogP contribution in [-0.4, -0.2) is 64.6 Å². The number of thioether (sulfide) groups is 1. The van der Waals surface area contributed by atoms with E-state index in [1.54, 1.807) is 18.2 Å². The van der Waals surface area contributed by atoms with E-state index >= 15 is 0 Å². The van der Waals surface area contributed by atoms with Gasteiger partial charge in [-0.1, -0.05) is 12.1 Å². The number of para-hydroxylation sites is 1. The number of methoxy groups -OCH3 is 1. The number of likely N-dealkylation sites (tertiary alicyclic amines) is 1. The molecule has 3 N–H and O–H groups in total. The van der Waals surface area contributed by atoms with E-state index in [0.29, 0.717) is 11.3 Å². The Morgan fingerprint density at radius 1 is 1.37 bits per heavy atom. The normalized spacial score (nSPS) is 29.9. The number of amides is 2. The van der Waals surface area contributed by atoms with Crippen LogP contribution in [0.25, 0.3) is 0 Å². The van der Waals surface area contributed by atoms with Crippen molar-refractivity contribution in [3.8, 4) is 11.5 Å². The number of benzene rings is 1. The predicted molar refractivity (Wildman–Crippen MR) is 98.7 cm³/mol. The lowest BCUT2D eigenvalue weighted by atomic mass is 9.78. The second-order valence-corrected chi connectivity index (χ2v) is 7.76. The van der Waals surface area contributed by atoms with E-state index in [2.05, 4.69) is 5.32 Å². The van der Waals surface area contributed by atoms with Crippen LogP contribution < -0.4 is 10.1 Å². The second kappa shape index (κ2) is 7.05. The van der Waals surface area contributed by atoms with Gasteiger partial charge in [0, 0.05) is 18.7 Å². The molecule has 8 nitrogen and oxygen atoms in total. The standard InChI is InChI=1S/C18H22N2O6S/c1-20-15(22)11-12(16(20)23)18(17(24)25,7-8-27-3)19-13(11)9-5-4-6-10(26-2)14(9)21/h4-6,11-13,19,21H,7-8H2,1-3H3,(H,24,25). The summed E-state index contributed by atoms with van der Waals surface area (Å²) in [6.45, 7) is 0. The number of rotatable bonds is 6. The lowest BCUT2D eigenvalue weighted by molar-refractivity contribution is -0.151. The van der Waals surface area contributed by atoms with Gasteiger partial charge in [-0.3, -0.25) is 24.6 Å². The van der Waals surface area contributed by atoms with Gasteiger partial charge in [-0.2, -0.15) is 11.8 Å². The van der Waals surface area contributed by atoms with Crippen molar-refractivity contribution in [2.75, 3.05) is 26.2 Å². The van der Waals surface area contributed by atoms with Crippen molar-refractivity contribution in [2.45, 2.75) is 18.0 Å². The van der Waals surface area contributed by atoms with Crippen LogP contribution in [0, 0.1) is 11.8 Å². The number of hydrogen-bond acceptors (Lipinski definition) is 7. The molecule has 0 aromatic heterocycles. The largest absolute Gasteiger partial charge is 0.504 e. The molecule has 0 bridgehead atoms. The molecule has 2 aliphatic rings. The highest BCUT2D eigenvalue weighted by atomic mass is 32.2. The number of fused-ring (bicyclic) bond motifs is 1. The molecule has 2 amide bonds. The first-order valence-corrected chi connectivity index (χ1v) is 9.86. The molecule has 2 saturated heterocycles. The van der Waals surface area contributed by atoms with Crippen LogP contribution in [0.15, 0.2) is 18.2 Å². The molecule has 2 aliphatic heterocycles. The quantitative estimate of drug-likeness (QED) is 0.608. The Bertz CT molecular complexity index is 800. The van der Waals surface area contributed by atoms with Crippen molar-refractivity contribution in [2.24, 2.45) is 11.8 Å². The number of ether oxygens (including phenoxy) is 1. The lowest BCUT2D eigenvalue weighted by Gasteiger charge is -2.30. The zero-order valence-corrected chi connectivity index (χ0v) is 16.1. The van der Waals surface area contributed by atoms with Crippen molar-refractivity contribution >= 4 is 29.5 Å². The average molecular weight is 394 g/mol. The number of aromatic hydroxyl groups is 1. The van der Waals surface area contributed by atoms with Crippen molar-refractivity contribution in [3.05, 3.63) is 23.8 Å². The summed E-state index contributed by atoms with van der Waals surface area (Å²) in [4.78, 5) is 38.8. The Kier molecular flexibility index (Phi) is 5.09. The van der Waals surface area contributed by atoms with Gasteiger partial charge in [-0.25, -0.2) is 0 Å². The van der Waals surface area contributed by atoms with Crippen LogP contribution in [0.4, 0.5) is 0 Å². The number of imide groups is 1. The summed E-state index contributed by atoms with van der Waals surface area (Å²) >= 11 is 1.47. The number of hydrogen-bond donors (Lipinski definition) is 3. The molecule has 27 heavy (non-hydrogen) atoms. The average Bonchev–Trinajstić information content (AvgIpc) is 3.11. The van der Waals surface area contributed by atoms with Crippen LogP contribution in [-0.2, 0) is 14.4 Å². The third-order valence-corrected chi connectivity index (χ3v) is 6.15. The number of nitrogens with one attached hydrogen (secondary N) is 1. The second-order valence-electron chi connectivity index (χ2n) is 6.78. The van der Waals surface area contributed by atoms with Crippen molar-refractivity contribution in [1.29, 1.82) is 0 Å². The van der Waals surface area contributed by atoms with Gasteiger partial charge in [0.1, 0.15) is 5.54 Å². The Labute approximate surface area is 160 Å². The van der Waals surface area contributed by atoms with Gasteiger partial charge < -0.3 is 14.9 Å². The Morgan fingerprint density at radius 2 is 2.07 bits per heavy atom. The number of phenols is 1. The highest BCUT2D eigenvalue weighted by Gasteiger charge is 2.67. The predicted octanol–water partition coefficient (Wildman–Crippen LogP) is 0.853. The summed E-state index contributed by atoms with van der Waals surface area (Å²) in [5.41, 5.74) is -1.24. The molecule has 2 fully saturated rings. The third-order valence-electron chi connectivity index (χ3n) is 5.54. The summed E-state index contributed by atoms with van der Waals surface area (Å²) in [6.07, 6.45) is 2.03. The number of carbonyl (C=O) groups is 3. The topological polar surface area (TPSA) is 116 Å². The summed E-state index contributed by atoms with van der Waals surface area (Å²) in [5, 5.41) is 23.6. The fourth-order valence-corrected chi connectivity index (χ4v) is 4.69. The maximum absolute atomic E-state index is 12.8. The van der Waals surface area contributed by atoms with Crippen LogP contribution in [0.2, 0.25) is 0 Å². The molecule has 1 aromatic rings. The van der Waals surface area contributed by atoms with Crippen LogP contribution >= 0.6 is 11.8 Å². The lowest BCUT2D eigenvalue weighted by Crippen LogP contribution is -2.55. The third kappa shape index (κ3) is 2.76. The van der Waals surface area contributed by atoms with Crippen LogP contribution in [0.3, 0.4) is 0 Å². The minimum absolute atomic E-state index is 0.169. The van der Waals surface area contributed by atoms with Crippen LogP contribution in [0.5, 0.6) is 11.5 Å². The maximum atomic E-state index is 12.8. The number of carbonyl (C=O) groups excluding carboxylic acids is 2. The zero-order valence-electron chi connectivity index (χ0n) is 15.3. The first-order chi connectivity index (χ1) is 12.8. The van der Waals surface area contributed by atoms with Crippen LogP contribution in [0.1, 0.15) is 18.0 Å². The maximum Gasteiger partial charge on any atom is 0.324 e. The highest BCUT2D eigenvalue weighted by molar-refractivity contribution is 7.98. The Balaban J connectivity index is 2.15. The minimum Gasteiger partial charge on any atom is -0.504 e. The highest BCUT2D eigenvalue weighted by Crippen LogP contribution is 2.52. The minimum atomic E-state index is -1.58. The van der Waals surface area contributed by atoms with Crippen molar-refractivity contribution in [3.63, 3.8) is 0 Å². The fraction of sp³-hybridized carbons (Fsp3) is 0.500. The molecule has 1 aromatic carbocycles. The number of carboxylic acids is 1. The first kappa shape index (κ1) is 19.5. The molecule has 4 unspecified atom stereocenters. The van der Waals surface area contributed by atoms with Gasteiger partial charge in [0.15, 0.2) is 11.5 Å². The Morgan fingerprint density at radius 3 is 2.67 bits per heavy atom. The molecular weight excluding hydrogens is 372 g/mol. The molecule has 2 heterocycles. The smallest absolute Gasteiger partial charge is 0.324 e. The first-order valence-electron chi connectivity index (χ1n) is 8.47. The number of nitrogens with zero attached hydrogens (tertiary/aromatic N) is 1. The monoisotopic (exact) mass is 394 g/mol. The van der Waals surface area contributed by atoms with E-state index in [4.69, 9.17) is 4.74 Å². The number of aliphatic carboxylic acids is 1. The SMILES string of the molecule is COc1cccc(C2NC(CCSC)(C(=O)O)C3C(=O)N(C)C(=O)C23)c1O. The fourth-order valence-electron chi connectivity index (χ4n) is 4.17. The number of phenolic OH excluding ortho intramolecular Hbond substituents is 1. The summed E-state index contributed by atoms with van der Waals surface area (Å²) in [5.74, 6) is -3.51. The molecule has 9 heteroatoms. The molecule has 0 aliphatic carbocycles. The summed E-state index contributed by atoms with van der Waals surface area (Å²) in [6, 6.07) is 4.01. The molecule has 0 radical (unpaired) electrons. The molecule has 4 atom stereocenters. The summed E-state index contributed by atoms with van der Waals surface area (Å²) in [7, 11) is 2.77. The van der Waals surface area contributed by atoms with Crippen molar-refractivity contribution in [1.82, 2.24) is 10.2 Å². The van der Waals surface area contributed by atoms with E-state index in [0.717, 1.165) is 4.90 Å². The molecule has 0 saturated carbocycles. The van der Waals surface area contributed by atoms with E-state index in [1.165, 1.54) is 25.9 Å². The number of carboxylic acid groups (broad SMARTS) is 1. The van der Waals surface area contributed by atoms with Gasteiger partial charge in [0.05, 0.1) is 18.9 Å². The molecule has 3 rings (SSSR count). The molecular formula is C18H22N2O6S. The van der Waals surface area contributed by atoms with E-state index in [9.17, 15) is 24.6 Å². The molecule has 0 spiro atoms. The van der Waals surface area contributed by atoms with Gasteiger partial charge in [-0.05, 0) is 24.5 Å². The van der Waals surface area contributed by atoms with Gasteiger partial charge >= 0.3 is 5.97 Å². The van der Waals surface area contributed by atoms with Gasteiger partial charge in [0.25, 0.3) is 0 Å². The molecule has 146 valence electrons. The Hall–Kier alpha value is -2.26. The zero-order chi connectivity index (χ0) is 19.9. The van der Waals surface area contributed by atoms with Crippen molar-refractivity contribution < 1.29 is 29.3 Å². The van der Waals surface area contributed by atoms with Gasteiger partial charge in [0.2, 0.25) is 11.8 Å².